The molecule has 4 N–H and O–H groups in total. The molecule has 0 fully saturated rings. The molecule has 0 amide bonds. The van der Waals surface area contributed by atoms with Crippen LogP contribution in [0.4, 0.5) is 11.8 Å². The maximum absolute atomic E-state index is 5.61. The molecule has 0 saturated carbocycles. The number of fused-ring (bicyclic) bond motifs is 1. The lowest BCUT2D eigenvalue weighted by Crippen LogP contribution is -2.02. The van der Waals surface area contributed by atoms with Gasteiger partial charge in [-0.05, 0) is 0 Å². The summed E-state index contributed by atoms with van der Waals surface area (Å²) in [5.74, 6) is 0.249. The number of rotatable bonds is 0. The van der Waals surface area contributed by atoms with Crippen molar-refractivity contribution in [1.29, 1.82) is 0 Å². The van der Waals surface area contributed by atoms with Crippen molar-refractivity contribution < 1.29 is 0 Å². The van der Waals surface area contributed by atoms with Crippen LogP contribution in [0, 0.1) is 0 Å². The Kier molecular flexibility index (Phi) is 1.63. The summed E-state index contributed by atoms with van der Waals surface area (Å²) in [5, 5.41) is 0.243. The first-order valence-corrected chi connectivity index (χ1v) is 3.76. The van der Waals surface area contributed by atoms with E-state index in [0.29, 0.717) is 11.2 Å². The van der Waals surface area contributed by atoms with Crippen molar-refractivity contribution in [2.24, 2.45) is 0 Å². The monoisotopic (exact) mass is 196 g/mol. The molecule has 0 bridgehead atoms. The molecule has 66 valence electrons. The highest BCUT2D eigenvalue weighted by molar-refractivity contribution is 6.29. The highest BCUT2D eigenvalue weighted by atomic mass is 35.5. The third kappa shape index (κ3) is 1.31. The number of hydrogen-bond donors (Lipinski definition) is 2. The SMILES string of the molecule is Nc1nc(N)c2nc(Cl)cnc2n1. The van der Waals surface area contributed by atoms with Gasteiger partial charge in [-0.3, -0.25) is 0 Å². The predicted molar refractivity (Wildman–Crippen MR) is 49.0 cm³/mol. The molecule has 0 spiro atoms. The Labute approximate surface area is 78.0 Å². The zero-order chi connectivity index (χ0) is 9.42. The minimum Gasteiger partial charge on any atom is -0.382 e. The van der Waals surface area contributed by atoms with Gasteiger partial charge in [-0.15, -0.1) is 0 Å². The summed E-state index contributed by atoms with van der Waals surface area (Å²) in [7, 11) is 0. The van der Waals surface area contributed by atoms with Crippen LogP contribution in [0.25, 0.3) is 11.2 Å². The zero-order valence-electron chi connectivity index (χ0n) is 6.40. The van der Waals surface area contributed by atoms with E-state index in [-0.39, 0.29) is 16.9 Å². The van der Waals surface area contributed by atoms with Gasteiger partial charge in [-0.2, -0.15) is 9.97 Å². The van der Waals surface area contributed by atoms with E-state index in [9.17, 15) is 0 Å². The van der Waals surface area contributed by atoms with Crippen molar-refractivity contribution >= 4 is 34.5 Å². The molecule has 13 heavy (non-hydrogen) atoms. The van der Waals surface area contributed by atoms with E-state index < -0.39 is 0 Å². The Hall–Kier alpha value is -1.69. The van der Waals surface area contributed by atoms with Gasteiger partial charge in [0.15, 0.2) is 17.0 Å². The number of aromatic nitrogens is 4. The highest BCUT2D eigenvalue weighted by Gasteiger charge is 2.05. The number of halogens is 1. The summed E-state index contributed by atoms with van der Waals surface area (Å²) >= 11 is 5.61. The van der Waals surface area contributed by atoms with Crippen molar-refractivity contribution in [2.45, 2.75) is 0 Å². The van der Waals surface area contributed by atoms with Crippen LogP contribution in [-0.2, 0) is 0 Å². The average Bonchev–Trinajstić information content (AvgIpc) is 2.06. The van der Waals surface area contributed by atoms with E-state index in [4.69, 9.17) is 23.1 Å². The van der Waals surface area contributed by atoms with Gasteiger partial charge < -0.3 is 11.5 Å². The van der Waals surface area contributed by atoms with Crippen molar-refractivity contribution in [3.05, 3.63) is 11.3 Å². The summed E-state index contributed by atoms with van der Waals surface area (Å²) in [6.07, 6.45) is 1.37. The van der Waals surface area contributed by atoms with E-state index in [1.807, 2.05) is 0 Å². The Morgan fingerprint density at radius 3 is 2.69 bits per heavy atom. The van der Waals surface area contributed by atoms with Crippen molar-refractivity contribution in [1.82, 2.24) is 19.9 Å². The summed E-state index contributed by atoms with van der Waals surface area (Å²) in [5.41, 5.74) is 11.6. The van der Waals surface area contributed by atoms with Gasteiger partial charge in [0.05, 0.1) is 6.20 Å². The third-order valence-electron chi connectivity index (χ3n) is 1.42. The number of anilines is 2. The second-order valence-corrected chi connectivity index (χ2v) is 2.72. The first kappa shape index (κ1) is 7.93. The van der Waals surface area contributed by atoms with Crippen LogP contribution in [0.2, 0.25) is 5.15 Å². The summed E-state index contributed by atoms with van der Waals surface area (Å²) in [4.78, 5) is 15.4. The topological polar surface area (TPSA) is 104 Å². The zero-order valence-corrected chi connectivity index (χ0v) is 7.15. The van der Waals surface area contributed by atoms with E-state index in [2.05, 4.69) is 19.9 Å². The normalized spacial score (nSPS) is 10.5. The van der Waals surface area contributed by atoms with Gasteiger partial charge in [0.25, 0.3) is 0 Å². The molecule has 7 heteroatoms. The van der Waals surface area contributed by atoms with Gasteiger partial charge in [0.1, 0.15) is 5.15 Å². The molecule has 0 aliphatic rings. The largest absolute Gasteiger partial charge is 0.382 e. The van der Waals surface area contributed by atoms with Gasteiger partial charge in [0, 0.05) is 0 Å². The molecule has 6 nitrogen and oxygen atoms in total. The molecule has 0 aliphatic carbocycles. The molecular formula is C6H5ClN6. The van der Waals surface area contributed by atoms with Crippen LogP contribution < -0.4 is 11.5 Å². The first-order valence-electron chi connectivity index (χ1n) is 3.38. The average molecular weight is 197 g/mol. The highest BCUT2D eigenvalue weighted by Crippen LogP contribution is 2.15. The molecule has 2 rings (SSSR count). The summed E-state index contributed by atoms with van der Waals surface area (Å²) < 4.78 is 0. The second kappa shape index (κ2) is 2.67. The van der Waals surface area contributed by atoms with Crippen LogP contribution >= 0.6 is 11.6 Å². The lowest BCUT2D eigenvalue weighted by molar-refractivity contribution is 1.16. The van der Waals surface area contributed by atoms with Gasteiger partial charge in [0.2, 0.25) is 5.95 Å². The quantitative estimate of drug-likeness (QED) is 0.626. The first-order chi connectivity index (χ1) is 6.16. The molecule has 0 unspecified atom stereocenters. The summed E-state index contributed by atoms with van der Waals surface area (Å²) in [6.45, 7) is 0. The summed E-state index contributed by atoms with van der Waals surface area (Å²) in [6, 6.07) is 0. The lowest BCUT2D eigenvalue weighted by atomic mass is 10.5. The minimum atomic E-state index is 0.0709. The smallest absolute Gasteiger partial charge is 0.224 e. The predicted octanol–water partition coefficient (Wildman–Crippen LogP) is 0.238. The Balaban J connectivity index is 2.87. The Bertz CT molecular complexity index is 470. The number of nitrogens with two attached hydrogens (primary N) is 2. The molecule has 2 heterocycles. The van der Waals surface area contributed by atoms with Crippen molar-refractivity contribution in [3.8, 4) is 0 Å². The lowest BCUT2D eigenvalue weighted by Gasteiger charge is -1.99. The number of nitrogens with zero attached hydrogens (tertiary/aromatic N) is 4. The number of hydrogen-bond acceptors (Lipinski definition) is 6. The van der Waals surface area contributed by atoms with E-state index >= 15 is 0 Å². The Morgan fingerprint density at radius 1 is 1.15 bits per heavy atom. The molecular weight excluding hydrogens is 192 g/mol. The standard InChI is InChI=1S/C6H5ClN6/c7-2-1-10-5-3(11-2)4(8)12-6(9)13-5/h1H,(H4,8,9,10,12,13). The van der Waals surface area contributed by atoms with Crippen LogP contribution in [0.1, 0.15) is 0 Å². The molecule has 0 aromatic carbocycles. The fourth-order valence-electron chi connectivity index (χ4n) is 0.925. The minimum absolute atomic E-state index is 0.0709. The maximum Gasteiger partial charge on any atom is 0.224 e. The second-order valence-electron chi connectivity index (χ2n) is 2.33. The maximum atomic E-state index is 5.61. The molecule has 0 aliphatic heterocycles. The van der Waals surface area contributed by atoms with Crippen LogP contribution in [0.15, 0.2) is 6.20 Å². The molecule has 0 saturated heterocycles. The third-order valence-corrected chi connectivity index (χ3v) is 1.60. The van der Waals surface area contributed by atoms with Gasteiger partial charge in [-0.1, -0.05) is 11.6 Å². The van der Waals surface area contributed by atoms with Crippen LogP contribution in [0.5, 0.6) is 0 Å². The van der Waals surface area contributed by atoms with E-state index in [1.165, 1.54) is 6.20 Å². The van der Waals surface area contributed by atoms with Gasteiger partial charge >= 0.3 is 0 Å². The fourth-order valence-corrected chi connectivity index (χ4v) is 1.06. The van der Waals surface area contributed by atoms with E-state index in [1.54, 1.807) is 0 Å². The molecule has 0 radical (unpaired) electrons. The Morgan fingerprint density at radius 2 is 1.92 bits per heavy atom. The van der Waals surface area contributed by atoms with Crippen LogP contribution in [-0.4, -0.2) is 19.9 Å². The van der Waals surface area contributed by atoms with Crippen LogP contribution in [0.3, 0.4) is 0 Å². The number of nitrogen functional groups attached to an aromatic ring is 2. The van der Waals surface area contributed by atoms with Crippen molar-refractivity contribution in [2.75, 3.05) is 11.5 Å². The fraction of sp³-hybridized carbons (Fsp3) is 0. The molecule has 2 aromatic rings. The van der Waals surface area contributed by atoms with Crippen molar-refractivity contribution in [3.63, 3.8) is 0 Å². The van der Waals surface area contributed by atoms with Gasteiger partial charge in [-0.25, -0.2) is 9.97 Å². The van der Waals surface area contributed by atoms with E-state index in [0.717, 1.165) is 0 Å². The molecule has 0 atom stereocenters. The molecule has 2 aromatic heterocycles.